The van der Waals surface area contributed by atoms with Crippen LogP contribution in [0, 0.1) is 6.92 Å². The van der Waals surface area contributed by atoms with Crippen molar-refractivity contribution in [1.82, 2.24) is 14.9 Å². The number of carbonyl (C=O) groups is 1. The molecule has 1 aromatic carbocycles. The van der Waals surface area contributed by atoms with Crippen molar-refractivity contribution >= 4 is 43.9 Å². The highest BCUT2D eigenvalue weighted by Crippen LogP contribution is 2.25. The third kappa shape index (κ3) is 2.88. The molecule has 21 heavy (non-hydrogen) atoms. The summed E-state index contributed by atoms with van der Waals surface area (Å²) in [4.78, 5) is 23.6. The maximum Gasteiger partial charge on any atom is 0.253 e. The van der Waals surface area contributed by atoms with Crippen LogP contribution in [-0.4, -0.2) is 27.8 Å². The van der Waals surface area contributed by atoms with Crippen molar-refractivity contribution in [1.29, 1.82) is 0 Å². The minimum atomic E-state index is -0.0186. The maximum absolute atomic E-state index is 12.5. The van der Waals surface area contributed by atoms with Gasteiger partial charge in [0.05, 0.1) is 21.8 Å². The van der Waals surface area contributed by atoms with E-state index >= 15 is 0 Å². The Morgan fingerprint density at radius 1 is 1.38 bits per heavy atom. The van der Waals surface area contributed by atoms with Crippen LogP contribution in [0.25, 0.3) is 10.2 Å². The van der Waals surface area contributed by atoms with Crippen LogP contribution in [0.2, 0.25) is 0 Å². The molecule has 1 amide bonds. The molecule has 2 heterocycles. The molecule has 0 aliphatic carbocycles. The van der Waals surface area contributed by atoms with Crippen LogP contribution in [0.5, 0.6) is 0 Å². The standard InChI is InChI=1S/C14H14N4OS2/c1-8-16-6-10(20-8)7-18(2)13(19)9-3-4-11-12(5-9)21-14(15)17-11/h3-6H,7H2,1-2H3,(H2,15,17). The third-order valence-corrected chi connectivity index (χ3v) is 4.81. The van der Waals surface area contributed by atoms with Gasteiger partial charge in [-0.15, -0.1) is 11.3 Å². The van der Waals surface area contributed by atoms with E-state index < -0.39 is 0 Å². The minimum Gasteiger partial charge on any atom is -0.375 e. The number of aromatic nitrogens is 2. The molecule has 0 aliphatic heterocycles. The molecule has 2 N–H and O–H groups in total. The zero-order valence-corrected chi connectivity index (χ0v) is 13.3. The van der Waals surface area contributed by atoms with E-state index in [0.29, 0.717) is 17.2 Å². The molecule has 0 aliphatic rings. The Bertz CT molecular complexity index is 808. The number of carbonyl (C=O) groups excluding carboxylic acids is 1. The van der Waals surface area contributed by atoms with Gasteiger partial charge < -0.3 is 10.6 Å². The highest BCUT2D eigenvalue weighted by Gasteiger charge is 2.14. The molecular weight excluding hydrogens is 304 g/mol. The molecular formula is C14H14N4OS2. The van der Waals surface area contributed by atoms with Crippen molar-refractivity contribution in [3.63, 3.8) is 0 Å². The van der Waals surface area contributed by atoms with Gasteiger partial charge in [-0.2, -0.15) is 0 Å². The predicted molar refractivity (Wildman–Crippen MR) is 86.7 cm³/mol. The number of anilines is 1. The molecule has 2 aromatic heterocycles. The molecule has 5 nitrogen and oxygen atoms in total. The Labute approximate surface area is 130 Å². The first-order chi connectivity index (χ1) is 10.0. The van der Waals surface area contributed by atoms with Crippen LogP contribution in [0.1, 0.15) is 20.2 Å². The highest BCUT2D eigenvalue weighted by molar-refractivity contribution is 7.22. The van der Waals surface area contributed by atoms with Gasteiger partial charge in [-0.3, -0.25) is 4.79 Å². The number of aryl methyl sites for hydroxylation is 1. The zero-order valence-electron chi connectivity index (χ0n) is 11.7. The molecule has 0 atom stereocenters. The van der Waals surface area contributed by atoms with Crippen LogP contribution in [0.3, 0.4) is 0 Å². The molecule has 0 saturated heterocycles. The minimum absolute atomic E-state index is 0.0186. The van der Waals surface area contributed by atoms with Gasteiger partial charge in [0.2, 0.25) is 0 Å². The van der Waals surface area contributed by atoms with Crippen molar-refractivity contribution < 1.29 is 4.79 Å². The van der Waals surface area contributed by atoms with Crippen molar-refractivity contribution in [3.8, 4) is 0 Å². The van der Waals surface area contributed by atoms with Gasteiger partial charge in [0.1, 0.15) is 0 Å². The Morgan fingerprint density at radius 2 is 2.19 bits per heavy atom. The fourth-order valence-electron chi connectivity index (χ4n) is 2.08. The Hall–Kier alpha value is -1.99. The van der Waals surface area contributed by atoms with E-state index in [4.69, 9.17) is 5.73 Å². The maximum atomic E-state index is 12.5. The molecule has 0 unspecified atom stereocenters. The lowest BCUT2D eigenvalue weighted by atomic mass is 10.2. The molecule has 3 aromatic rings. The molecule has 0 fully saturated rings. The van der Waals surface area contributed by atoms with Gasteiger partial charge in [-0.1, -0.05) is 11.3 Å². The van der Waals surface area contributed by atoms with E-state index in [2.05, 4.69) is 9.97 Å². The van der Waals surface area contributed by atoms with Gasteiger partial charge in [0.15, 0.2) is 5.13 Å². The van der Waals surface area contributed by atoms with E-state index in [1.807, 2.05) is 25.3 Å². The normalized spacial score (nSPS) is 11.0. The summed E-state index contributed by atoms with van der Waals surface area (Å²) in [6.45, 7) is 2.52. The van der Waals surface area contributed by atoms with Gasteiger partial charge in [-0.05, 0) is 25.1 Å². The number of hydrogen-bond acceptors (Lipinski definition) is 6. The molecule has 108 valence electrons. The summed E-state index contributed by atoms with van der Waals surface area (Å²) in [5.74, 6) is -0.0186. The van der Waals surface area contributed by atoms with Crippen molar-refractivity contribution in [3.05, 3.63) is 39.8 Å². The Kier molecular flexibility index (Phi) is 3.60. The lowest BCUT2D eigenvalue weighted by Crippen LogP contribution is -2.25. The molecule has 0 saturated carbocycles. The summed E-state index contributed by atoms with van der Waals surface area (Å²) in [5.41, 5.74) is 7.16. The van der Waals surface area contributed by atoms with Crippen molar-refractivity contribution in [2.24, 2.45) is 0 Å². The number of thiazole rings is 2. The fraction of sp³-hybridized carbons (Fsp3) is 0.214. The Morgan fingerprint density at radius 3 is 2.90 bits per heavy atom. The Balaban J connectivity index is 1.81. The number of nitrogens with two attached hydrogens (primary N) is 1. The van der Waals surface area contributed by atoms with E-state index in [1.54, 1.807) is 29.4 Å². The summed E-state index contributed by atoms with van der Waals surface area (Å²) in [6.07, 6.45) is 1.82. The second kappa shape index (κ2) is 5.42. The first-order valence-electron chi connectivity index (χ1n) is 6.36. The third-order valence-electron chi connectivity index (χ3n) is 3.06. The van der Waals surface area contributed by atoms with Gasteiger partial charge in [0, 0.05) is 23.7 Å². The highest BCUT2D eigenvalue weighted by atomic mass is 32.1. The number of benzene rings is 1. The predicted octanol–water partition coefficient (Wildman–Crippen LogP) is 2.92. The number of hydrogen-bond donors (Lipinski definition) is 1. The summed E-state index contributed by atoms with van der Waals surface area (Å²) < 4.78 is 0.931. The number of nitrogen functional groups attached to an aromatic ring is 1. The average molecular weight is 318 g/mol. The number of amides is 1. The zero-order chi connectivity index (χ0) is 15.0. The summed E-state index contributed by atoms with van der Waals surface area (Å²) in [5, 5.41) is 1.52. The molecule has 3 rings (SSSR count). The SMILES string of the molecule is Cc1ncc(CN(C)C(=O)c2ccc3nc(N)sc3c2)s1. The molecule has 0 radical (unpaired) electrons. The van der Waals surface area contributed by atoms with Gasteiger partial charge in [0.25, 0.3) is 5.91 Å². The lowest BCUT2D eigenvalue weighted by molar-refractivity contribution is 0.0786. The van der Waals surface area contributed by atoms with Crippen LogP contribution in [0.4, 0.5) is 5.13 Å². The van der Waals surface area contributed by atoms with Gasteiger partial charge >= 0.3 is 0 Å². The summed E-state index contributed by atoms with van der Waals surface area (Å²) in [6, 6.07) is 5.47. The second-order valence-electron chi connectivity index (χ2n) is 4.74. The van der Waals surface area contributed by atoms with Crippen LogP contribution >= 0.6 is 22.7 Å². The van der Waals surface area contributed by atoms with Crippen LogP contribution in [0.15, 0.2) is 24.4 Å². The molecule has 0 spiro atoms. The van der Waals surface area contributed by atoms with E-state index in [-0.39, 0.29) is 5.91 Å². The fourth-order valence-corrected chi connectivity index (χ4v) is 3.70. The lowest BCUT2D eigenvalue weighted by Gasteiger charge is -2.15. The first-order valence-corrected chi connectivity index (χ1v) is 7.99. The van der Waals surface area contributed by atoms with Crippen LogP contribution in [-0.2, 0) is 6.54 Å². The van der Waals surface area contributed by atoms with E-state index in [9.17, 15) is 4.79 Å². The monoisotopic (exact) mass is 318 g/mol. The largest absolute Gasteiger partial charge is 0.375 e. The van der Waals surface area contributed by atoms with Crippen molar-refractivity contribution in [2.45, 2.75) is 13.5 Å². The quantitative estimate of drug-likeness (QED) is 0.806. The topological polar surface area (TPSA) is 72.1 Å². The first kappa shape index (κ1) is 14.0. The second-order valence-corrected chi connectivity index (χ2v) is 7.12. The van der Waals surface area contributed by atoms with Gasteiger partial charge in [-0.25, -0.2) is 9.97 Å². The molecule has 7 heteroatoms. The molecule has 0 bridgehead atoms. The van der Waals surface area contributed by atoms with E-state index in [1.165, 1.54) is 11.3 Å². The summed E-state index contributed by atoms with van der Waals surface area (Å²) >= 11 is 3.00. The smallest absolute Gasteiger partial charge is 0.253 e. The average Bonchev–Trinajstić information content (AvgIpc) is 3.01. The number of fused-ring (bicyclic) bond motifs is 1. The summed E-state index contributed by atoms with van der Waals surface area (Å²) in [7, 11) is 1.79. The van der Waals surface area contributed by atoms with Crippen molar-refractivity contribution in [2.75, 3.05) is 12.8 Å². The van der Waals surface area contributed by atoms with Crippen LogP contribution < -0.4 is 5.73 Å². The number of rotatable bonds is 3. The number of nitrogens with zero attached hydrogens (tertiary/aromatic N) is 3. The van der Waals surface area contributed by atoms with E-state index in [0.717, 1.165) is 20.1 Å².